The smallest absolute Gasteiger partial charge is 0.419 e. The highest BCUT2D eigenvalue weighted by Gasteiger charge is 2.44. The monoisotopic (exact) mass is 516 g/mol. The van der Waals surface area contributed by atoms with E-state index in [-0.39, 0.29) is 16.6 Å². The maximum atomic E-state index is 13.7. The summed E-state index contributed by atoms with van der Waals surface area (Å²) in [5.41, 5.74) is 1.26. The summed E-state index contributed by atoms with van der Waals surface area (Å²) < 4.78 is 46.8. The number of anilines is 1. The first kappa shape index (κ1) is 24.4. The molecule has 5 rings (SSSR count). The average Bonchev–Trinajstić information content (AvgIpc) is 2.86. The van der Waals surface area contributed by atoms with Crippen LogP contribution in [0.25, 0.3) is 11.3 Å². The molecule has 1 fully saturated rings. The van der Waals surface area contributed by atoms with Crippen molar-refractivity contribution in [2.45, 2.75) is 31.4 Å². The third-order valence-corrected chi connectivity index (χ3v) is 7.25. The van der Waals surface area contributed by atoms with Gasteiger partial charge in [0.2, 0.25) is 5.88 Å². The molecule has 0 aliphatic carbocycles. The fraction of sp³-hybridized carbons (Fsp3) is 0.346. The van der Waals surface area contributed by atoms with E-state index in [0.29, 0.717) is 61.9 Å². The molecule has 2 aliphatic rings. The Morgan fingerprint density at radius 3 is 2.64 bits per heavy atom. The van der Waals surface area contributed by atoms with Crippen molar-refractivity contribution in [1.82, 2.24) is 15.3 Å². The Bertz CT molecular complexity index is 1310. The minimum Gasteiger partial charge on any atom is -0.477 e. The van der Waals surface area contributed by atoms with Gasteiger partial charge in [-0.2, -0.15) is 13.2 Å². The van der Waals surface area contributed by atoms with Gasteiger partial charge in [-0.25, -0.2) is 9.97 Å². The van der Waals surface area contributed by atoms with E-state index in [1.165, 1.54) is 18.2 Å². The minimum atomic E-state index is -4.55. The van der Waals surface area contributed by atoms with Gasteiger partial charge < -0.3 is 15.0 Å². The molecule has 0 unspecified atom stereocenters. The molecule has 2 aliphatic heterocycles. The van der Waals surface area contributed by atoms with E-state index in [4.69, 9.17) is 16.3 Å². The Morgan fingerprint density at radius 2 is 1.92 bits per heavy atom. The van der Waals surface area contributed by atoms with Crippen molar-refractivity contribution in [3.05, 3.63) is 70.5 Å². The number of benzene rings is 1. The molecule has 0 atom stereocenters. The van der Waals surface area contributed by atoms with Crippen LogP contribution >= 0.6 is 11.6 Å². The quantitative estimate of drug-likeness (QED) is 0.496. The van der Waals surface area contributed by atoms with Crippen molar-refractivity contribution >= 4 is 23.2 Å². The number of piperidine rings is 1. The molecule has 10 heteroatoms. The molecular formula is C26H24ClF3N4O2. The number of nitrogens with zero attached hydrogens (tertiary/aromatic N) is 3. The van der Waals surface area contributed by atoms with Crippen LogP contribution in [0.2, 0.25) is 5.02 Å². The lowest BCUT2D eigenvalue weighted by Crippen LogP contribution is -2.53. The highest BCUT2D eigenvalue weighted by atomic mass is 35.5. The van der Waals surface area contributed by atoms with Crippen LogP contribution in [-0.2, 0) is 11.6 Å². The van der Waals surface area contributed by atoms with E-state index in [1.807, 2.05) is 25.1 Å². The number of hydrogen-bond acceptors (Lipinski definition) is 5. The molecule has 0 radical (unpaired) electrons. The number of pyridine rings is 2. The molecule has 1 saturated heterocycles. The second-order valence-corrected chi connectivity index (χ2v) is 9.37. The maximum Gasteiger partial charge on any atom is 0.419 e. The number of ether oxygens (including phenoxy) is 1. The van der Waals surface area contributed by atoms with E-state index in [2.05, 4.69) is 15.3 Å². The van der Waals surface area contributed by atoms with Gasteiger partial charge in [-0.1, -0.05) is 23.7 Å². The topological polar surface area (TPSA) is 67.3 Å². The molecule has 1 aromatic carbocycles. The van der Waals surface area contributed by atoms with Gasteiger partial charge >= 0.3 is 6.18 Å². The number of amides is 1. The standard InChI is InChI=1S/C26H24ClF3N4O2/c1-2-36-24-16(5-4-12-31-24)19-9-8-17-22(33-19)23(35)32-15-25(17)10-13-34(14-11-25)20-7-3-6-18(27)21(20)26(28,29)30/h3-9,12H,2,10-11,13-15H2,1H3,(H,32,35). The summed E-state index contributed by atoms with van der Waals surface area (Å²) in [4.78, 5) is 23.5. The zero-order valence-electron chi connectivity index (χ0n) is 19.5. The van der Waals surface area contributed by atoms with Gasteiger partial charge in [0.25, 0.3) is 5.91 Å². The van der Waals surface area contributed by atoms with Crippen molar-refractivity contribution in [3.8, 4) is 17.1 Å². The molecule has 188 valence electrons. The van der Waals surface area contributed by atoms with Crippen molar-refractivity contribution in [3.63, 3.8) is 0 Å². The molecule has 1 N–H and O–H groups in total. The molecule has 4 heterocycles. The van der Waals surface area contributed by atoms with Crippen LogP contribution in [0.3, 0.4) is 0 Å². The Hall–Kier alpha value is -3.33. The first-order valence-electron chi connectivity index (χ1n) is 11.7. The first-order chi connectivity index (χ1) is 17.2. The van der Waals surface area contributed by atoms with Crippen molar-refractivity contribution in [2.75, 3.05) is 31.1 Å². The second-order valence-electron chi connectivity index (χ2n) is 8.96. The number of halogens is 4. The third-order valence-electron chi connectivity index (χ3n) is 6.93. The lowest BCUT2D eigenvalue weighted by molar-refractivity contribution is -0.137. The first-order valence-corrected chi connectivity index (χ1v) is 12.1. The summed E-state index contributed by atoms with van der Waals surface area (Å²) in [5.74, 6) is 0.171. The summed E-state index contributed by atoms with van der Waals surface area (Å²) in [7, 11) is 0. The van der Waals surface area contributed by atoms with E-state index >= 15 is 0 Å². The molecule has 6 nitrogen and oxygen atoms in total. The zero-order chi connectivity index (χ0) is 25.5. The predicted molar refractivity (Wildman–Crippen MR) is 131 cm³/mol. The summed E-state index contributed by atoms with van der Waals surface area (Å²) in [6, 6.07) is 11.6. The number of alkyl halides is 3. The molecule has 2 aromatic heterocycles. The molecule has 1 amide bonds. The lowest BCUT2D eigenvalue weighted by atomic mass is 9.70. The van der Waals surface area contributed by atoms with Crippen LogP contribution in [0.4, 0.5) is 18.9 Å². The Morgan fingerprint density at radius 1 is 1.14 bits per heavy atom. The number of rotatable bonds is 4. The van der Waals surface area contributed by atoms with Gasteiger partial charge in [0.15, 0.2) is 0 Å². The number of carbonyl (C=O) groups is 1. The SMILES string of the molecule is CCOc1ncccc1-c1ccc2c(n1)C(=O)NCC21CCN(c2cccc(Cl)c2C(F)(F)F)CC1. The van der Waals surface area contributed by atoms with Crippen molar-refractivity contribution in [2.24, 2.45) is 0 Å². The highest BCUT2D eigenvalue weighted by Crippen LogP contribution is 2.45. The van der Waals surface area contributed by atoms with Gasteiger partial charge in [-0.05, 0) is 55.7 Å². The normalized spacial score (nSPS) is 17.0. The highest BCUT2D eigenvalue weighted by molar-refractivity contribution is 6.31. The van der Waals surface area contributed by atoms with Crippen LogP contribution in [-0.4, -0.2) is 42.1 Å². The summed E-state index contributed by atoms with van der Waals surface area (Å²) in [6.45, 7) is 3.49. The van der Waals surface area contributed by atoms with Gasteiger partial charge in [0, 0.05) is 31.2 Å². The number of nitrogens with one attached hydrogen (secondary N) is 1. The van der Waals surface area contributed by atoms with Gasteiger partial charge in [0.1, 0.15) is 5.69 Å². The fourth-order valence-corrected chi connectivity index (χ4v) is 5.43. The molecule has 1 spiro atoms. The summed E-state index contributed by atoms with van der Waals surface area (Å²) >= 11 is 5.94. The van der Waals surface area contributed by atoms with Crippen molar-refractivity contribution < 1.29 is 22.7 Å². The molecule has 36 heavy (non-hydrogen) atoms. The predicted octanol–water partition coefficient (Wildman–Crippen LogP) is 5.50. The van der Waals surface area contributed by atoms with Crippen LogP contribution in [0.15, 0.2) is 48.7 Å². The summed E-state index contributed by atoms with van der Waals surface area (Å²) in [5, 5.41) is 2.64. The van der Waals surface area contributed by atoms with Crippen molar-refractivity contribution in [1.29, 1.82) is 0 Å². The maximum absolute atomic E-state index is 13.7. The average molecular weight is 517 g/mol. The fourth-order valence-electron chi connectivity index (χ4n) is 5.15. The molecular weight excluding hydrogens is 493 g/mol. The van der Waals surface area contributed by atoms with Crippen LogP contribution in [0, 0.1) is 0 Å². The molecule has 0 bridgehead atoms. The Kier molecular flexibility index (Phi) is 6.28. The molecule has 3 aromatic rings. The van der Waals surface area contributed by atoms with E-state index in [9.17, 15) is 18.0 Å². The van der Waals surface area contributed by atoms with Gasteiger partial charge in [-0.3, -0.25) is 4.79 Å². The second kappa shape index (κ2) is 9.28. The number of fused-ring (bicyclic) bond motifs is 2. The van der Waals surface area contributed by atoms with E-state index in [0.717, 1.165) is 5.56 Å². The zero-order valence-corrected chi connectivity index (χ0v) is 20.3. The van der Waals surface area contributed by atoms with E-state index in [1.54, 1.807) is 17.2 Å². The van der Waals surface area contributed by atoms with Crippen LogP contribution in [0.5, 0.6) is 5.88 Å². The van der Waals surface area contributed by atoms with Gasteiger partial charge in [0.05, 0.1) is 34.1 Å². The van der Waals surface area contributed by atoms with Crippen LogP contribution in [0.1, 0.15) is 41.4 Å². The number of hydrogen-bond donors (Lipinski definition) is 1. The van der Waals surface area contributed by atoms with Crippen LogP contribution < -0.4 is 15.0 Å². The van der Waals surface area contributed by atoms with E-state index < -0.39 is 17.2 Å². The molecule has 0 saturated carbocycles. The number of carbonyl (C=O) groups excluding carboxylic acids is 1. The Labute approximate surface area is 211 Å². The van der Waals surface area contributed by atoms with Gasteiger partial charge in [-0.15, -0.1) is 0 Å². The summed E-state index contributed by atoms with van der Waals surface area (Å²) in [6.07, 6.45) is -1.81. The lowest BCUT2D eigenvalue weighted by Gasteiger charge is -2.45. The number of aromatic nitrogens is 2. The minimum absolute atomic E-state index is 0.0819. The largest absolute Gasteiger partial charge is 0.477 e. The third kappa shape index (κ3) is 4.25. The Balaban J connectivity index is 1.46.